The highest BCUT2D eigenvalue weighted by molar-refractivity contribution is 6.11. The molecular weight excluding hydrogens is 446 g/mol. The Balaban J connectivity index is 1.47. The van der Waals surface area contributed by atoms with Gasteiger partial charge in [0.15, 0.2) is 11.5 Å². The maximum atomic E-state index is 13.1. The molecule has 1 atom stereocenters. The van der Waals surface area contributed by atoms with Crippen molar-refractivity contribution in [3.63, 3.8) is 0 Å². The van der Waals surface area contributed by atoms with Gasteiger partial charge in [0.05, 0.1) is 31.4 Å². The van der Waals surface area contributed by atoms with Gasteiger partial charge in [-0.1, -0.05) is 24.3 Å². The van der Waals surface area contributed by atoms with Crippen LogP contribution in [-0.2, 0) is 9.59 Å². The second-order valence-corrected chi connectivity index (χ2v) is 8.30. The molecule has 1 aliphatic heterocycles. The second-order valence-electron chi connectivity index (χ2n) is 8.30. The van der Waals surface area contributed by atoms with Crippen LogP contribution >= 0.6 is 0 Å². The summed E-state index contributed by atoms with van der Waals surface area (Å²) in [7, 11) is 3.06. The van der Waals surface area contributed by atoms with E-state index in [9.17, 15) is 14.4 Å². The summed E-state index contributed by atoms with van der Waals surface area (Å²) < 4.78 is 10.6. The Morgan fingerprint density at radius 3 is 2.43 bits per heavy atom. The molecule has 8 nitrogen and oxygen atoms in total. The molecule has 180 valence electrons. The van der Waals surface area contributed by atoms with Crippen LogP contribution < -0.4 is 25.0 Å². The molecule has 1 saturated heterocycles. The lowest BCUT2D eigenvalue weighted by Crippen LogP contribution is -2.28. The molecule has 0 saturated carbocycles. The number of nitrogens with zero attached hydrogens (tertiary/aromatic N) is 1. The summed E-state index contributed by atoms with van der Waals surface area (Å²) >= 11 is 0. The lowest BCUT2D eigenvalue weighted by atomic mass is 10.1. The van der Waals surface area contributed by atoms with E-state index >= 15 is 0 Å². The second kappa shape index (κ2) is 10.3. The van der Waals surface area contributed by atoms with Crippen molar-refractivity contribution in [2.45, 2.75) is 13.3 Å². The number of nitrogens with one attached hydrogen (secondary N) is 2. The monoisotopic (exact) mass is 473 g/mol. The van der Waals surface area contributed by atoms with E-state index < -0.39 is 5.92 Å². The van der Waals surface area contributed by atoms with E-state index in [-0.39, 0.29) is 30.7 Å². The molecule has 35 heavy (non-hydrogen) atoms. The van der Waals surface area contributed by atoms with E-state index in [4.69, 9.17) is 9.47 Å². The first-order valence-corrected chi connectivity index (χ1v) is 11.2. The van der Waals surface area contributed by atoms with Crippen LogP contribution in [-0.4, -0.2) is 38.5 Å². The van der Waals surface area contributed by atoms with Gasteiger partial charge in [-0.3, -0.25) is 14.4 Å². The number of ether oxygens (including phenoxy) is 2. The van der Waals surface area contributed by atoms with Crippen LogP contribution in [0.15, 0.2) is 66.7 Å². The lowest BCUT2D eigenvalue weighted by molar-refractivity contribution is -0.122. The van der Waals surface area contributed by atoms with Gasteiger partial charge in [-0.05, 0) is 48.9 Å². The van der Waals surface area contributed by atoms with Gasteiger partial charge in [-0.2, -0.15) is 0 Å². The van der Waals surface area contributed by atoms with E-state index in [0.29, 0.717) is 34.1 Å². The number of amides is 3. The van der Waals surface area contributed by atoms with Gasteiger partial charge in [0, 0.05) is 30.4 Å². The zero-order valence-corrected chi connectivity index (χ0v) is 19.8. The maximum Gasteiger partial charge on any atom is 0.257 e. The Morgan fingerprint density at radius 1 is 0.914 bits per heavy atom. The van der Waals surface area contributed by atoms with Gasteiger partial charge in [-0.25, -0.2) is 0 Å². The Kier molecular flexibility index (Phi) is 7.01. The van der Waals surface area contributed by atoms with Gasteiger partial charge in [0.2, 0.25) is 11.8 Å². The van der Waals surface area contributed by atoms with Crippen LogP contribution in [0.3, 0.4) is 0 Å². The fraction of sp³-hybridized carbons (Fsp3) is 0.222. The molecular formula is C27H27N3O5. The predicted octanol–water partition coefficient (Wildman–Crippen LogP) is 4.26. The van der Waals surface area contributed by atoms with E-state index in [0.717, 1.165) is 5.56 Å². The van der Waals surface area contributed by atoms with E-state index in [1.54, 1.807) is 53.4 Å². The largest absolute Gasteiger partial charge is 0.493 e. The van der Waals surface area contributed by atoms with Gasteiger partial charge in [0.25, 0.3) is 5.91 Å². The molecule has 1 aliphatic rings. The van der Waals surface area contributed by atoms with E-state index in [1.165, 1.54) is 14.2 Å². The van der Waals surface area contributed by atoms with Crippen LogP contribution in [0.25, 0.3) is 0 Å². The Labute approximate surface area is 203 Å². The number of carbonyl (C=O) groups excluding carboxylic acids is 3. The van der Waals surface area contributed by atoms with Crippen molar-refractivity contribution in [1.29, 1.82) is 0 Å². The van der Waals surface area contributed by atoms with Crippen molar-refractivity contribution in [3.05, 3.63) is 77.9 Å². The number of para-hydroxylation sites is 1. The SMILES string of the molecule is COc1ccc(N2CC(C(=O)Nc3ccccc3C(=O)Nc3cccc(C)c3)CC2=O)cc1OC. The van der Waals surface area contributed by atoms with Crippen molar-refractivity contribution in [2.75, 3.05) is 36.3 Å². The molecule has 0 aromatic heterocycles. The first-order valence-electron chi connectivity index (χ1n) is 11.2. The normalized spacial score (nSPS) is 15.0. The number of carbonyl (C=O) groups is 3. The molecule has 8 heteroatoms. The standard InChI is InChI=1S/C27H27N3O5/c1-17-7-6-8-19(13-17)28-27(33)21-9-4-5-10-22(21)29-26(32)18-14-25(31)30(16-18)20-11-12-23(34-2)24(15-20)35-3/h4-13,15,18H,14,16H2,1-3H3,(H,28,33)(H,29,32). The van der Waals surface area contributed by atoms with Gasteiger partial charge < -0.3 is 25.0 Å². The van der Waals surface area contributed by atoms with Crippen LogP contribution in [0.5, 0.6) is 11.5 Å². The van der Waals surface area contributed by atoms with Crippen LogP contribution in [0.2, 0.25) is 0 Å². The zero-order valence-electron chi connectivity index (χ0n) is 19.8. The van der Waals surface area contributed by atoms with Gasteiger partial charge in [0.1, 0.15) is 0 Å². The molecule has 1 fully saturated rings. The number of hydrogen-bond donors (Lipinski definition) is 2. The van der Waals surface area contributed by atoms with Crippen LogP contribution in [0.4, 0.5) is 17.1 Å². The van der Waals surface area contributed by atoms with Gasteiger partial charge >= 0.3 is 0 Å². The highest BCUT2D eigenvalue weighted by atomic mass is 16.5. The quantitative estimate of drug-likeness (QED) is 0.535. The third-order valence-electron chi connectivity index (χ3n) is 5.88. The third-order valence-corrected chi connectivity index (χ3v) is 5.88. The summed E-state index contributed by atoms with van der Waals surface area (Å²) in [6.45, 7) is 2.16. The summed E-state index contributed by atoms with van der Waals surface area (Å²) in [4.78, 5) is 40.2. The molecule has 0 spiro atoms. The Bertz CT molecular complexity index is 1270. The number of anilines is 3. The number of hydrogen-bond acceptors (Lipinski definition) is 5. The number of methoxy groups -OCH3 is 2. The minimum absolute atomic E-state index is 0.0673. The minimum Gasteiger partial charge on any atom is -0.493 e. The molecule has 1 unspecified atom stereocenters. The molecule has 1 heterocycles. The Hall–Kier alpha value is -4.33. The summed E-state index contributed by atoms with van der Waals surface area (Å²) in [5, 5.41) is 5.70. The smallest absolute Gasteiger partial charge is 0.257 e. The first kappa shape index (κ1) is 23.8. The summed E-state index contributed by atoms with van der Waals surface area (Å²) in [6.07, 6.45) is 0.0673. The van der Waals surface area contributed by atoms with E-state index in [2.05, 4.69) is 10.6 Å². The molecule has 3 amide bonds. The van der Waals surface area contributed by atoms with Gasteiger partial charge in [-0.15, -0.1) is 0 Å². The maximum absolute atomic E-state index is 13.1. The molecule has 0 bridgehead atoms. The van der Waals surface area contributed by atoms with Crippen molar-refractivity contribution in [1.82, 2.24) is 0 Å². The minimum atomic E-state index is -0.566. The summed E-state index contributed by atoms with van der Waals surface area (Å²) in [5.74, 6) is -0.332. The van der Waals surface area contributed by atoms with Crippen molar-refractivity contribution in [2.24, 2.45) is 5.92 Å². The number of benzene rings is 3. The number of aryl methyl sites for hydroxylation is 1. The average Bonchev–Trinajstić information content (AvgIpc) is 3.25. The summed E-state index contributed by atoms with van der Waals surface area (Å²) in [5.41, 5.74) is 3.04. The lowest BCUT2D eigenvalue weighted by Gasteiger charge is -2.19. The molecule has 0 aliphatic carbocycles. The fourth-order valence-electron chi connectivity index (χ4n) is 4.07. The predicted molar refractivity (Wildman–Crippen MR) is 134 cm³/mol. The molecule has 4 rings (SSSR count). The topological polar surface area (TPSA) is 97.0 Å². The average molecular weight is 474 g/mol. The fourth-order valence-corrected chi connectivity index (χ4v) is 4.07. The van der Waals surface area contributed by atoms with Crippen molar-refractivity contribution in [3.8, 4) is 11.5 Å². The first-order chi connectivity index (χ1) is 16.9. The Morgan fingerprint density at radius 2 is 1.69 bits per heavy atom. The van der Waals surface area contributed by atoms with Crippen LogP contribution in [0.1, 0.15) is 22.3 Å². The third kappa shape index (κ3) is 5.27. The zero-order chi connectivity index (χ0) is 24.9. The van der Waals surface area contributed by atoms with Crippen molar-refractivity contribution >= 4 is 34.8 Å². The van der Waals surface area contributed by atoms with E-state index in [1.807, 2.05) is 25.1 Å². The molecule has 3 aromatic carbocycles. The molecule has 0 radical (unpaired) electrons. The van der Waals surface area contributed by atoms with Crippen molar-refractivity contribution < 1.29 is 23.9 Å². The van der Waals surface area contributed by atoms with Crippen LogP contribution in [0, 0.1) is 12.8 Å². The highest BCUT2D eigenvalue weighted by Gasteiger charge is 2.35. The molecule has 3 aromatic rings. The highest BCUT2D eigenvalue weighted by Crippen LogP contribution is 2.34. The number of rotatable bonds is 7. The molecule has 2 N–H and O–H groups in total. The summed E-state index contributed by atoms with van der Waals surface area (Å²) in [6, 6.07) is 19.5.